The molecule has 0 unspecified atom stereocenters. The fourth-order valence-electron chi connectivity index (χ4n) is 1.03. The van der Waals surface area contributed by atoms with Crippen molar-refractivity contribution in [1.82, 2.24) is 0 Å². The van der Waals surface area contributed by atoms with Crippen LogP contribution < -0.4 is 0 Å². The Labute approximate surface area is 72.7 Å². The zero-order valence-electron chi connectivity index (χ0n) is 7.12. The molecule has 0 saturated carbocycles. The number of aliphatic hydroxyl groups excluding tert-OH is 1. The summed E-state index contributed by atoms with van der Waals surface area (Å²) in [5.41, 5.74) is 2.12. The fraction of sp³-hybridized carbons (Fsp3) is 0.0909. The van der Waals surface area contributed by atoms with E-state index in [9.17, 15) is 0 Å². The van der Waals surface area contributed by atoms with E-state index < -0.39 is 0 Å². The Morgan fingerprint density at radius 1 is 1.33 bits per heavy atom. The Morgan fingerprint density at radius 2 is 1.92 bits per heavy atom. The van der Waals surface area contributed by atoms with Crippen LogP contribution >= 0.6 is 0 Å². The van der Waals surface area contributed by atoms with Crippen LogP contribution in [0.5, 0.6) is 0 Å². The summed E-state index contributed by atoms with van der Waals surface area (Å²) >= 11 is 0. The van der Waals surface area contributed by atoms with Gasteiger partial charge in [-0.25, -0.2) is 0 Å². The zero-order valence-corrected chi connectivity index (χ0v) is 7.12. The predicted molar refractivity (Wildman–Crippen MR) is 51.9 cm³/mol. The lowest BCUT2D eigenvalue weighted by Gasteiger charge is -1.99. The summed E-state index contributed by atoms with van der Waals surface area (Å²) in [6, 6.07) is 9.88. The van der Waals surface area contributed by atoms with Crippen molar-refractivity contribution in [3.63, 3.8) is 0 Å². The maximum absolute atomic E-state index is 8.91. The Hall–Kier alpha value is -1.50. The van der Waals surface area contributed by atoms with E-state index in [4.69, 9.17) is 5.11 Å². The van der Waals surface area contributed by atoms with E-state index in [1.807, 2.05) is 37.3 Å². The first-order valence-electron chi connectivity index (χ1n) is 3.82. The largest absolute Gasteiger partial charge is 0.509 e. The molecule has 1 heteroatoms. The minimum absolute atomic E-state index is 0.0938. The van der Waals surface area contributed by atoms with Crippen LogP contribution in [-0.4, -0.2) is 5.11 Å². The molecule has 1 aromatic rings. The van der Waals surface area contributed by atoms with Crippen LogP contribution in [0.1, 0.15) is 12.5 Å². The van der Waals surface area contributed by atoms with Crippen LogP contribution in [0.3, 0.4) is 0 Å². The average Bonchev–Trinajstić information content (AvgIpc) is 2.05. The van der Waals surface area contributed by atoms with Gasteiger partial charge in [-0.15, -0.1) is 0 Å². The molecule has 62 valence electrons. The van der Waals surface area contributed by atoms with Crippen LogP contribution in [-0.2, 0) is 0 Å². The van der Waals surface area contributed by atoms with Gasteiger partial charge in [0.2, 0.25) is 0 Å². The Bertz CT molecular complexity index is 296. The van der Waals surface area contributed by atoms with Gasteiger partial charge < -0.3 is 5.11 Å². The minimum Gasteiger partial charge on any atom is -0.509 e. The first-order valence-corrected chi connectivity index (χ1v) is 3.82. The Kier molecular flexibility index (Phi) is 2.70. The van der Waals surface area contributed by atoms with Crippen LogP contribution in [0.25, 0.3) is 5.57 Å². The molecule has 0 aliphatic carbocycles. The standard InChI is InChI=1S/C11H12O/c1-9(8-10(2)12)11-6-4-3-5-7-11/h3-8,12H,2H2,1H3/b9-8+. The summed E-state index contributed by atoms with van der Waals surface area (Å²) in [7, 11) is 0. The normalized spacial score (nSPS) is 11.2. The van der Waals surface area contributed by atoms with Gasteiger partial charge in [0.25, 0.3) is 0 Å². The molecule has 0 atom stereocenters. The average molecular weight is 160 g/mol. The molecule has 1 aromatic carbocycles. The van der Waals surface area contributed by atoms with Crippen LogP contribution in [0.2, 0.25) is 0 Å². The molecule has 0 saturated heterocycles. The summed E-state index contributed by atoms with van der Waals surface area (Å²) in [4.78, 5) is 0. The highest BCUT2D eigenvalue weighted by atomic mass is 16.3. The second-order valence-electron chi connectivity index (χ2n) is 2.68. The van der Waals surface area contributed by atoms with Crippen molar-refractivity contribution in [1.29, 1.82) is 0 Å². The minimum atomic E-state index is 0.0938. The van der Waals surface area contributed by atoms with Crippen molar-refractivity contribution < 1.29 is 5.11 Å². The molecular weight excluding hydrogens is 148 g/mol. The van der Waals surface area contributed by atoms with Crippen molar-refractivity contribution in [3.8, 4) is 0 Å². The summed E-state index contributed by atoms with van der Waals surface area (Å²) in [6.45, 7) is 5.34. The number of rotatable bonds is 2. The van der Waals surface area contributed by atoms with Crippen molar-refractivity contribution >= 4 is 5.57 Å². The molecule has 0 aromatic heterocycles. The van der Waals surface area contributed by atoms with E-state index in [-0.39, 0.29) is 5.76 Å². The van der Waals surface area contributed by atoms with Crippen LogP contribution in [0.15, 0.2) is 48.7 Å². The third-order valence-corrected chi connectivity index (χ3v) is 1.61. The molecular formula is C11H12O. The Morgan fingerprint density at radius 3 is 2.42 bits per heavy atom. The van der Waals surface area contributed by atoms with Gasteiger partial charge in [-0.2, -0.15) is 0 Å². The quantitative estimate of drug-likeness (QED) is 0.520. The summed E-state index contributed by atoms with van der Waals surface area (Å²) in [5, 5.41) is 8.91. The zero-order chi connectivity index (χ0) is 8.97. The van der Waals surface area contributed by atoms with Crippen molar-refractivity contribution in [2.45, 2.75) is 6.92 Å². The molecule has 0 fully saturated rings. The van der Waals surface area contributed by atoms with E-state index in [0.29, 0.717) is 0 Å². The second kappa shape index (κ2) is 3.77. The molecule has 1 nitrogen and oxygen atoms in total. The molecule has 0 heterocycles. The molecule has 12 heavy (non-hydrogen) atoms. The summed E-state index contributed by atoms with van der Waals surface area (Å²) < 4.78 is 0. The first kappa shape index (κ1) is 8.60. The number of allylic oxidation sites excluding steroid dienone is 2. The number of aliphatic hydroxyl groups is 1. The van der Waals surface area contributed by atoms with Crippen molar-refractivity contribution in [2.24, 2.45) is 0 Å². The molecule has 0 amide bonds. The summed E-state index contributed by atoms with van der Waals surface area (Å²) in [6.07, 6.45) is 1.65. The van der Waals surface area contributed by atoms with Gasteiger partial charge >= 0.3 is 0 Å². The van der Waals surface area contributed by atoms with Gasteiger partial charge in [-0.3, -0.25) is 0 Å². The smallest absolute Gasteiger partial charge is 0.108 e. The molecule has 0 bridgehead atoms. The lowest BCUT2D eigenvalue weighted by atomic mass is 10.1. The van der Waals surface area contributed by atoms with E-state index in [1.165, 1.54) is 0 Å². The molecule has 0 aliphatic rings. The molecule has 0 radical (unpaired) electrons. The third-order valence-electron chi connectivity index (χ3n) is 1.61. The second-order valence-corrected chi connectivity index (χ2v) is 2.68. The molecule has 0 aliphatic heterocycles. The van der Waals surface area contributed by atoms with Gasteiger partial charge in [0.05, 0.1) is 0 Å². The SMILES string of the molecule is C=C(O)/C=C(\C)c1ccccc1. The van der Waals surface area contributed by atoms with Gasteiger partial charge in [-0.05, 0) is 24.1 Å². The van der Waals surface area contributed by atoms with Crippen molar-refractivity contribution in [2.75, 3.05) is 0 Å². The van der Waals surface area contributed by atoms with E-state index in [0.717, 1.165) is 11.1 Å². The van der Waals surface area contributed by atoms with E-state index >= 15 is 0 Å². The van der Waals surface area contributed by atoms with Crippen LogP contribution in [0, 0.1) is 0 Å². The summed E-state index contributed by atoms with van der Waals surface area (Å²) in [5.74, 6) is 0.0938. The maximum Gasteiger partial charge on any atom is 0.108 e. The van der Waals surface area contributed by atoms with E-state index in [1.54, 1.807) is 6.08 Å². The number of hydrogen-bond acceptors (Lipinski definition) is 1. The molecule has 0 spiro atoms. The first-order chi connectivity index (χ1) is 5.70. The van der Waals surface area contributed by atoms with E-state index in [2.05, 4.69) is 6.58 Å². The van der Waals surface area contributed by atoms with Gasteiger partial charge in [0.15, 0.2) is 0 Å². The molecule has 1 N–H and O–H groups in total. The number of hydrogen-bond donors (Lipinski definition) is 1. The highest BCUT2D eigenvalue weighted by molar-refractivity contribution is 5.65. The maximum atomic E-state index is 8.91. The van der Waals surface area contributed by atoms with Gasteiger partial charge in [0, 0.05) is 0 Å². The van der Waals surface area contributed by atoms with Gasteiger partial charge in [-0.1, -0.05) is 36.9 Å². The topological polar surface area (TPSA) is 20.2 Å². The van der Waals surface area contributed by atoms with Crippen molar-refractivity contribution in [3.05, 3.63) is 54.3 Å². The predicted octanol–water partition coefficient (Wildman–Crippen LogP) is 3.16. The van der Waals surface area contributed by atoms with Crippen LogP contribution in [0.4, 0.5) is 0 Å². The van der Waals surface area contributed by atoms with Gasteiger partial charge in [0.1, 0.15) is 5.76 Å². The fourth-order valence-corrected chi connectivity index (χ4v) is 1.03. The third kappa shape index (κ3) is 2.27. The monoisotopic (exact) mass is 160 g/mol. The highest BCUT2D eigenvalue weighted by Crippen LogP contribution is 2.13. The molecule has 1 rings (SSSR count). The Balaban J connectivity index is 2.93. The lowest BCUT2D eigenvalue weighted by Crippen LogP contribution is -1.79. The highest BCUT2D eigenvalue weighted by Gasteiger charge is 1.92. The lowest BCUT2D eigenvalue weighted by molar-refractivity contribution is 0.435. The number of benzene rings is 1.